The topological polar surface area (TPSA) is 84.0 Å². The molecule has 2 aromatic carbocycles. The van der Waals surface area contributed by atoms with Crippen LogP contribution in [0.15, 0.2) is 53.5 Å². The second-order valence-electron chi connectivity index (χ2n) is 7.07. The van der Waals surface area contributed by atoms with Gasteiger partial charge >= 0.3 is 0 Å². The van der Waals surface area contributed by atoms with Crippen LogP contribution >= 0.6 is 24.0 Å². The summed E-state index contributed by atoms with van der Waals surface area (Å²) in [6.45, 7) is 6.33. The van der Waals surface area contributed by atoms with Crippen molar-refractivity contribution in [3.63, 3.8) is 0 Å². The zero-order chi connectivity index (χ0) is 21.2. The van der Waals surface area contributed by atoms with Gasteiger partial charge in [-0.25, -0.2) is 4.99 Å². The number of ether oxygens (including phenoxy) is 2. The molecule has 0 saturated heterocycles. The highest BCUT2D eigenvalue weighted by atomic mass is 127. The molecular weight excluding hydrogens is 507 g/mol. The Morgan fingerprint density at radius 2 is 1.90 bits per heavy atom. The number of hydrogen-bond donors (Lipinski definition) is 3. The van der Waals surface area contributed by atoms with E-state index in [0.29, 0.717) is 32.1 Å². The molecule has 1 heterocycles. The average molecular weight is 538 g/mol. The van der Waals surface area contributed by atoms with E-state index in [4.69, 9.17) is 9.47 Å². The molecule has 3 rings (SSSR count). The summed E-state index contributed by atoms with van der Waals surface area (Å²) in [7, 11) is 0. The first-order chi connectivity index (χ1) is 14.7. The van der Waals surface area contributed by atoms with E-state index in [9.17, 15) is 4.79 Å². The second-order valence-corrected chi connectivity index (χ2v) is 7.07. The molecule has 0 aromatic heterocycles. The summed E-state index contributed by atoms with van der Waals surface area (Å²) in [6.07, 6.45) is 1.25. The molecule has 1 aliphatic heterocycles. The van der Waals surface area contributed by atoms with Crippen LogP contribution in [0, 0.1) is 0 Å². The van der Waals surface area contributed by atoms with E-state index in [-0.39, 0.29) is 36.0 Å². The number of para-hydroxylation sites is 2. The SMILES string of the molecule is CCCC(=O)Nc1cccc(CN=C(NCC)NCC2COc3ccccc3O2)c1.I. The number of nitrogens with zero attached hydrogens (tertiary/aromatic N) is 1. The number of halogens is 1. The maximum absolute atomic E-state index is 11.8. The summed E-state index contributed by atoms with van der Waals surface area (Å²) >= 11 is 0. The quantitative estimate of drug-likeness (QED) is 0.270. The number of carbonyl (C=O) groups is 1. The van der Waals surface area contributed by atoms with Crippen molar-refractivity contribution < 1.29 is 14.3 Å². The van der Waals surface area contributed by atoms with Gasteiger partial charge in [-0.2, -0.15) is 0 Å². The largest absolute Gasteiger partial charge is 0.486 e. The highest BCUT2D eigenvalue weighted by Crippen LogP contribution is 2.30. The molecule has 0 aliphatic carbocycles. The van der Waals surface area contributed by atoms with Crippen LogP contribution in [-0.4, -0.2) is 37.7 Å². The van der Waals surface area contributed by atoms with E-state index in [1.807, 2.05) is 62.4 Å². The molecule has 7 nitrogen and oxygen atoms in total. The summed E-state index contributed by atoms with van der Waals surface area (Å²) in [6, 6.07) is 15.5. The minimum Gasteiger partial charge on any atom is -0.486 e. The van der Waals surface area contributed by atoms with E-state index in [2.05, 4.69) is 20.9 Å². The van der Waals surface area contributed by atoms with Gasteiger partial charge in [0.25, 0.3) is 0 Å². The van der Waals surface area contributed by atoms with Gasteiger partial charge in [0.05, 0.1) is 13.1 Å². The van der Waals surface area contributed by atoms with Gasteiger partial charge in [0.15, 0.2) is 17.5 Å². The van der Waals surface area contributed by atoms with Crippen molar-refractivity contribution in [1.29, 1.82) is 0 Å². The monoisotopic (exact) mass is 538 g/mol. The molecular formula is C23H31IN4O3. The number of fused-ring (bicyclic) bond motifs is 1. The van der Waals surface area contributed by atoms with E-state index in [1.54, 1.807) is 0 Å². The minimum atomic E-state index is -0.0964. The molecule has 31 heavy (non-hydrogen) atoms. The summed E-state index contributed by atoms with van der Waals surface area (Å²) in [5, 5.41) is 9.49. The number of hydrogen-bond acceptors (Lipinski definition) is 4. The molecule has 8 heteroatoms. The lowest BCUT2D eigenvalue weighted by Crippen LogP contribution is -2.45. The van der Waals surface area contributed by atoms with Crippen molar-refractivity contribution in [1.82, 2.24) is 10.6 Å². The van der Waals surface area contributed by atoms with Crippen molar-refractivity contribution in [2.75, 3.05) is 25.0 Å². The van der Waals surface area contributed by atoms with Crippen LogP contribution in [0.25, 0.3) is 0 Å². The fourth-order valence-corrected chi connectivity index (χ4v) is 3.08. The number of amides is 1. The van der Waals surface area contributed by atoms with Gasteiger partial charge in [-0.3, -0.25) is 4.79 Å². The fourth-order valence-electron chi connectivity index (χ4n) is 3.08. The molecule has 1 aliphatic rings. The molecule has 1 atom stereocenters. The first-order valence-corrected chi connectivity index (χ1v) is 10.5. The smallest absolute Gasteiger partial charge is 0.224 e. The van der Waals surface area contributed by atoms with Crippen molar-refractivity contribution >= 4 is 41.5 Å². The van der Waals surface area contributed by atoms with E-state index < -0.39 is 0 Å². The Bertz CT molecular complexity index is 875. The van der Waals surface area contributed by atoms with Crippen LogP contribution in [0.3, 0.4) is 0 Å². The van der Waals surface area contributed by atoms with Crippen LogP contribution in [0.4, 0.5) is 5.69 Å². The molecule has 0 fully saturated rings. The number of benzene rings is 2. The van der Waals surface area contributed by atoms with Gasteiger partial charge < -0.3 is 25.4 Å². The Morgan fingerprint density at radius 1 is 1.10 bits per heavy atom. The number of carbonyl (C=O) groups excluding carboxylic acids is 1. The lowest BCUT2D eigenvalue weighted by molar-refractivity contribution is -0.116. The number of nitrogens with one attached hydrogen (secondary N) is 3. The first-order valence-electron chi connectivity index (χ1n) is 10.5. The van der Waals surface area contributed by atoms with Crippen LogP contribution < -0.4 is 25.4 Å². The first kappa shape index (κ1) is 24.8. The van der Waals surface area contributed by atoms with Crippen LogP contribution in [0.5, 0.6) is 11.5 Å². The highest BCUT2D eigenvalue weighted by molar-refractivity contribution is 14.0. The van der Waals surface area contributed by atoms with Crippen LogP contribution in [0.1, 0.15) is 32.3 Å². The molecule has 0 saturated carbocycles. The Hall–Kier alpha value is -2.49. The second kappa shape index (κ2) is 13.0. The molecule has 168 valence electrons. The lowest BCUT2D eigenvalue weighted by atomic mass is 10.2. The van der Waals surface area contributed by atoms with Gasteiger partial charge in [0.2, 0.25) is 5.91 Å². The fraction of sp³-hybridized carbons (Fsp3) is 0.391. The number of guanidine groups is 1. The van der Waals surface area contributed by atoms with Crippen molar-refractivity contribution in [3.8, 4) is 11.5 Å². The molecule has 1 unspecified atom stereocenters. The zero-order valence-corrected chi connectivity index (χ0v) is 20.3. The molecule has 1 amide bonds. The van der Waals surface area contributed by atoms with Crippen molar-refractivity contribution in [3.05, 3.63) is 54.1 Å². The maximum Gasteiger partial charge on any atom is 0.224 e. The third-order valence-corrected chi connectivity index (χ3v) is 4.52. The third-order valence-electron chi connectivity index (χ3n) is 4.52. The molecule has 0 spiro atoms. The zero-order valence-electron chi connectivity index (χ0n) is 18.0. The van der Waals surface area contributed by atoms with E-state index >= 15 is 0 Å². The third kappa shape index (κ3) is 7.93. The maximum atomic E-state index is 11.8. The molecule has 3 N–H and O–H groups in total. The normalized spacial score (nSPS) is 14.9. The number of aliphatic imine (C=N–C) groups is 1. The van der Waals surface area contributed by atoms with Crippen LogP contribution in [0.2, 0.25) is 0 Å². The molecule has 2 aromatic rings. The Kier molecular flexibility index (Phi) is 10.4. The molecule has 0 radical (unpaired) electrons. The summed E-state index contributed by atoms with van der Waals surface area (Å²) in [4.78, 5) is 16.5. The van der Waals surface area contributed by atoms with Gasteiger partial charge in [0.1, 0.15) is 12.7 Å². The van der Waals surface area contributed by atoms with Gasteiger partial charge in [-0.1, -0.05) is 31.2 Å². The summed E-state index contributed by atoms with van der Waals surface area (Å²) in [5.74, 6) is 2.28. The average Bonchev–Trinajstić information content (AvgIpc) is 2.76. The number of anilines is 1. The molecule has 0 bridgehead atoms. The standard InChI is InChI=1S/C23H30N4O3.HI/c1-3-8-22(28)27-18-10-7-9-17(13-18)14-25-23(24-4-2)26-15-19-16-29-20-11-5-6-12-21(20)30-19;/h5-7,9-13,19H,3-4,8,14-16H2,1-2H3,(H,27,28)(H2,24,25,26);1H. The Morgan fingerprint density at radius 3 is 2.68 bits per heavy atom. The van der Waals surface area contributed by atoms with E-state index in [0.717, 1.165) is 35.7 Å². The van der Waals surface area contributed by atoms with Crippen LogP contribution in [-0.2, 0) is 11.3 Å². The summed E-state index contributed by atoms with van der Waals surface area (Å²) < 4.78 is 11.7. The van der Waals surface area contributed by atoms with E-state index in [1.165, 1.54) is 0 Å². The Labute approximate surface area is 201 Å². The lowest BCUT2D eigenvalue weighted by Gasteiger charge is -2.27. The van der Waals surface area contributed by atoms with Gasteiger partial charge in [-0.05, 0) is 43.2 Å². The van der Waals surface area contributed by atoms with Crippen molar-refractivity contribution in [2.45, 2.75) is 39.3 Å². The predicted molar refractivity (Wildman–Crippen MR) is 135 cm³/mol. The minimum absolute atomic E-state index is 0. The van der Waals surface area contributed by atoms with Gasteiger partial charge in [0, 0.05) is 18.7 Å². The highest BCUT2D eigenvalue weighted by Gasteiger charge is 2.20. The van der Waals surface area contributed by atoms with Gasteiger partial charge in [-0.15, -0.1) is 24.0 Å². The predicted octanol–water partition coefficient (Wildman–Crippen LogP) is 3.94. The Balaban J connectivity index is 0.00000341. The number of rotatable bonds is 8. The summed E-state index contributed by atoms with van der Waals surface area (Å²) in [5.41, 5.74) is 1.82. The van der Waals surface area contributed by atoms with Crippen molar-refractivity contribution in [2.24, 2.45) is 4.99 Å².